The van der Waals surface area contributed by atoms with E-state index in [2.05, 4.69) is 10.6 Å². The van der Waals surface area contributed by atoms with Crippen molar-refractivity contribution in [1.82, 2.24) is 10.6 Å². The SMILES string of the molecule is COCCOc1ccc(C(C)NC(=O)CNC(=O)c2ccc(OC)c(OC)c2)cc1OC. The molecule has 0 aliphatic rings. The molecule has 2 aromatic carbocycles. The van der Waals surface area contributed by atoms with Crippen molar-refractivity contribution in [2.45, 2.75) is 13.0 Å². The topological polar surface area (TPSA) is 104 Å². The number of amides is 2. The van der Waals surface area contributed by atoms with Crippen molar-refractivity contribution < 1.29 is 33.3 Å². The predicted molar refractivity (Wildman–Crippen MR) is 119 cm³/mol. The first-order valence-electron chi connectivity index (χ1n) is 10.0. The van der Waals surface area contributed by atoms with Crippen LogP contribution in [0.25, 0.3) is 0 Å². The monoisotopic (exact) mass is 446 g/mol. The lowest BCUT2D eigenvalue weighted by molar-refractivity contribution is -0.120. The number of rotatable bonds is 12. The second-order valence-corrected chi connectivity index (χ2v) is 6.79. The van der Waals surface area contributed by atoms with E-state index in [9.17, 15) is 9.59 Å². The first-order chi connectivity index (χ1) is 15.4. The number of carbonyl (C=O) groups excluding carboxylic acids is 2. The highest BCUT2D eigenvalue weighted by atomic mass is 16.5. The Kier molecular flexibility index (Phi) is 9.62. The third-order valence-corrected chi connectivity index (χ3v) is 4.67. The molecule has 2 N–H and O–H groups in total. The minimum atomic E-state index is -0.395. The van der Waals surface area contributed by atoms with Crippen molar-refractivity contribution in [2.24, 2.45) is 0 Å². The number of ether oxygens (including phenoxy) is 5. The zero-order valence-electron chi connectivity index (χ0n) is 19.0. The van der Waals surface area contributed by atoms with Crippen molar-refractivity contribution >= 4 is 11.8 Å². The van der Waals surface area contributed by atoms with Crippen LogP contribution < -0.4 is 29.6 Å². The van der Waals surface area contributed by atoms with Crippen molar-refractivity contribution in [1.29, 1.82) is 0 Å². The third-order valence-electron chi connectivity index (χ3n) is 4.67. The van der Waals surface area contributed by atoms with Crippen molar-refractivity contribution in [3.8, 4) is 23.0 Å². The summed E-state index contributed by atoms with van der Waals surface area (Å²) in [5.41, 5.74) is 1.19. The molecule has 0 aliphatic heterocycles. The summed E-state index contributed by atoms with van der Waals surface area (Å²) < 4.78 is 26.3. The van der Waals surface area contributed by atoms with Gasteiger partial charge in [0.15, 0.2) is 23.0 Å². The quantitative estimate of drug-likeness (QED) is 0.482. The van der Waals surface area contributed by atoms with Crippen LogP contribution >= 0.6 is 0 Å². The Morgan fingerprint density at radius 3 is 2.16 bits per heavy atom. The van der Waals surface area contributed by atoms with Gasteiger partial charge in [0.05, 0.1) is 40.5 Å². The lowest BCUT2D eigenvalue weighted by Gasteiger charge is -2.17. The van der Waals surface area contributed by atoms with Crippen LogP contribution in [0.1, 0.15) is 28.9 Å². The second-order valence-electron chi connectivity index (χ2n) is 6.79. The lowest BCUT2D eigenvalue weighted by atomic mass is 10.1. The molecule has 0 radical (unpaired) electrons. The summed E-state index contributed by atoms with van der Waals surface area (Å²) in [4.78, 5) is 24.7. The van der Waals surface area contributed by atoms with Crippen LogP contribution in [0.5, 0.6) is 23.0 Å². The van der Waals surface area contributed by atoms with Gasteiger partial charge >= 0.3 is 0 Å². The van der Waals surface area contributed by atoms with Gasteiger partial charge in [-0.2, -0.15) is 0 Å². The predicted octanol–water partition coefficient (Wildman–Crippen LogP) is 2.34. The summed E-state index contributed by atoms with van der Waals surface area (Å²) in [7, 11) is 6.15. The van der Waals surface area contributed by atoms with Gasteiger partial charge in [0.25, 0.3) is 5.91 Å². The minimum Gasteiger partial charge on any atom is -0.493 e. The molecule has 174 valence electrons. The molecule has 2 amide bonds. The molecule has 9 heteroatoms. The molecule has 2 rings (SSSR count). The fraction of sp³-hybridized carbons (Fsp3) is 0.391. The Morgan fingerprint density at radius 1 is 0.844 bits per heavy atom. The first kappa shape index (κ1) is 24.8. The van der Waals surface area contributed by atoms with Gasteiger partial charge in [-0.05, 0) is 42.8 Å². The van der Waals surface area contributed by atoms with Gasteiger partial charge in [-0.3, -0.25) is 9.59 Å². The highest BCUT2D eigenvalue weighted by molar-refractivity contribution is 5.97. The zero-order valence-corrected chi connectivity index (χ0v) is 19.0. The highest BCUT2D eigenvalue weighted by Crippen LogP contribution is 2.30. The number of benzene rings is 2. The van der Waals surface area contributed by atoms with Gasteiger partial charge < -0.3 is 34.3 Å². The van der Waals surface area contributed by atoms with Crippen LogP contribution in [0.2, 0.25) is 0 Å². The lowest BCUT2D eigenvalue weighted by Crippen LogP contribution is -2.38. The van der Waals surface area contributed by atoms with Gasteiger partial charge in [-0.15, -0.1) is 0 Å². The van der Waals surface area contributed by atoms with E-state index in [1.165, 1.54) is 14.2 Å². The summed E-state index contributed by atoms with van der Waals surface area (Å²) in [6, 6.07) is 9.91. The zero-order chi connectivity index (χ0) is 23.5. The maximum atomic E-state index is 12.4. The average Bonchev–Trinajstić information content (AvgIpc) is 2.82. The van der Waals surface area contributed by atoms with Gasteiger partial charge in [0, 0.05) is 12.7 Å². The molecule has 0 saturated carbocycles. The molecule has 1 atom stereocenters. The fourth-order valence-electron chi connectivity index (χ4n) is 2.92. The molecule has 1 unspecified atom stereocenters. The normalized spacial score (nSPS) is 11.3. The van der Waals surface area contributed by atoms with Gasteiger partial charge in [-0.25, -0.2) is 0 Å². The van der Waals surface area contributed by atoms with Crippen molar-refractivity contribution in [3.05, 3.63) is 47.5 Å². The minimum absolute atomic E-state index is 0.174. The molecule has 0 spiro atoms. The van der Waals surface area contributed by atoms with Crippen LogP contribution in [0.4, 0.5) is 0 Å². The third kappa shape index (κ3) is 6.78. The van der Waals surface area contributed by atoms with Crippen LogP contribution in [0, 0.1) is 0 Å². The molecular weight excluding hydrogens is 416 g/mol. The molecule has 0 bridgehead atoms. The summed E-state index contributed by atoms with van der Waals surface area (Å²) in [6.07, 6.45) is 0. The second kappa shape index (κ2) is 12.4. The first-order valence-corrected chi connectivity index (χ1v) is 10.0. The Bertz CT molecular complexity index is 917. The Balaban J connectivity index is 1.93. The Hall–Kier alpha value is -3.46. The van der Waals surface area contributed by atoms with E-state index in [0.717, 1.165) is 5.56 Å². The van der Waals surface area contributed by atoms with Gasteiger partial charge in [0.2, 0.25) is 5.91 Å². The summed E-state index contributed by atoms with van der Waals surface area (Å²) in [5, 5.41) is 5.45. The van der Waals surface area contributed by atoms with Crippen LogP contribution in [-0.4, -0.2) is 60.0 Å². The number of hydrogen-bond acceptors (Lipinski definition) is 7. The number of methoxy groups -OCH3 is 4. The van der Waals surface area contributed by atoms with E-state index in [-0.39, 0.29) is 18.5 Å². The van der Waals surface area contributed by atoms with Crippen molar-refractivity contribution in [3.63, 3.8) is 0 Å². The average molecular weight is 447 g/mol. The molecule has 0 saturated heterocycles. The number of hydrogen-bond donors (Lipinski definition) is 2. The van der Waals surface area contributed by atoms with E-state index < -0.39 is 5.91 Å². The largest absolute Gasteiger partial charge is 0.493 e. The highest BCUT2D eigenvalue weighted by Gasteiger charge is 2.15. The molecule has 0 aliphatic carbocycles. The standard InChI is InChI=1S/C23H30N2O7/c1-15(16-6-9-19(21(12-16)31-5)32-11-10-28-2)25-22(26)14-24-23(27)17-7-8-18(29-3)20(13-17)30-4/h6-9,12-13,15H,10-11,14H2,1-5H3,(H,24,27)(H,25,26). The fourth-order valence-corrected chi connectivity index (χ4v) is 2.92. The van der Waals surface area contributed by atoms with Crippen LogP contribution in [0.3, 0.4) is 0 Å². The molecular formula is C23H30N2O7. The van der Waals surface area contributed by atoms with Gasteiger partial charge in [0.1, 0.15) is 6.61 Å². The van der Waals surface area contributed by atoms with E-state index in [1.54, 1.807) is 44.6 Å². The van der Waals surface area contributed by atoms with E-state index in [1.807, 2.05) is 13.0 Å². The molecule has 9 nitrogen and oxygen atoms in total. The maximum absolute atomic E-state index is 12.4. The van der Waals surface area contributed by atoms with E-state index >= 15 is 0 Å². The van der Waals surface area contributed by atoms with Crippen molar-refractivity contribution in [2.75, 3.05) is 48.2 Å². The smallest absolute Gasteiger partial charge is 0.251 e. The van der Waals surface area contributed by atoms with Gasteiger partial charge in [-0.1, -0.05) is 6.07 Å². The molecule has 0 heterocycles. The number of carbonyl (C=O) groups is 2. The van der Waals surface area contributed by atoms with Crippen LogP contribution in [0.15, 0.2) is 36.4 Å². The molecule has 32 heavy (non-hydrogen) atoms. The summed E-state index contributed by atoms with van der Waals surface area (Å²) in [6.45, 7) is 2.53. The Labute approximate surface area is 187 Å². The molecule has 0 aromatic heterocycles. The van der Waals surface area contributed by atoms with Crippen LogP contribution in [-0.2, 0) is 9.53 Å². The van der Waals surface area contributed by atoms with E-state index in [0.29, 0.717) is 41.8 Å². The maximum Gasteiger partial charge on any atom is 0.251 e. The summed E-state index contributed by atoms with van der Waals surface area (Å²) in [5.74, 6) is 1.37. The van der Waals surface area contributed by atoms with E-state index in [4.69, 9.17) is 23.7 Å². The number of nitrogens with one attached hydrogen (secondary N) is 2. The molecule has 0 fully saturated rings. The summed E-state index contributed by atoms with van der Waals surface area (Å²) >= 11 is 0. The molecule has 2 aromatic rings. The Morgan fingerprint density at radius 2 is 1.50 bits per heavy atom.